The number of amides is 1. The molecule has 0 saturated carbocycles. The summed E-state index contributed by atoms with van der Waals surface area (Å²) in [5.74, 6) is -0.0587. The summed E-state index contributed by atoms with van der Waals surface area (Å²) in [6.45, 7) is 5.49. The zero-order valence-corrected chi connectivity index (χ0v) is 18.0. The van der Waals surface area contributed by atoms with E-state index in [2.05, 4.69) is 28.7 Å². The Morgan fingerprint density at radius 3 is 2.59 bits per heavy atom. The first-order valence-electron chi connectivity index (χ1n) is 9.93. The van der Waals surface area contributed by atoms with Crippen molar-refractivity contribution in [1.82, 2.24) is 4.90 Å². The maximum atomic E-state index is 12.8. The van der Waals surface area contributed by atoms with Crippen molar-refractivity contribution in [1.29, 1.82) is 0 Å². The molecular weight excluding hydrogens is 405 g/mol. The van der Waals surface area contributed by atoms with Crippen molar-refractivity contribution < 1.29 is 4.79 Å². The van der Waals surface area contributed by atoms with Gasteiger partial charge in [0.2, 0.25) is 5.91 Å². The maximum absolute atomic E-state index is 12.8. The molecule has 1 saturated heterocycles. The number of fused-ring (bicyclic) bond motifs is 3. The average molecular weight is 430 g/mol. The number of nitrogens with zero attached hydrogens (tertiary/aromatic N) is 2. The Morgan fingerprint density at radius 1 is 1.10 bits per heavy atom. The van der Waals surface area contributed by atoms with Gasteiger partial charge in [-0.05, 0) is 74.3 Å². The van der Waals surface area contributed by atoms with Crippen molar-refractivity contribution in [2.24, 2.45) is 0 Å². The van der Waals surface area contributed by atoms with Gasteiger partial charge in [0.05, 0.1) is 6.54 Å². The Labute approximate surface area is 182 Å². The molecular formula is C23H25Cl2N3O. The molecule has 2 aliphatic heterocycles. The fourth-order valence-corrected chi connectivity index (χ4v) is 4.80. The quantitative estimate of drug-likeness (QED) is 0.716. The lowest BCUT2D eigenvalue weighted by atomic mass is 9.95. The molecule has 152 valence electrons. The lowest BCUT2D eigenvalue weighted by Gasteiger charge is -2.28. The number of benzene rings is 2. The highest BCUT2D eigenvalue weighted by Gasteiger charge is 2.35. The largest absolute Gasteiger partial charge is 0.362 e. The molecule has 0 aliphatic carbocycles. The molecule has 2 aliphatic rings. The fraction of sp³-hybridized carbons (Fsp3) is 0.348. The van der Waals surface area contributed by atoms with Crippen LogP contribution in [-0.2, 0) is 4.79 Å². The molecule has 6 heteroatoms. The molecule has 1 amide bonds. The van der Waals surface area contributed by atoms with Crippen molar-refractivity contribution in [3.8, 4) is 0 Å². The molecule has 2 aromatic carbocycles. The third-order valence-electron chi connectivity index (χ3n) is 6.08. The second-order valence-electron chi connectivity index (χ2n) is 7.86. The molecule has 2 bridgehead atoms. The minimum Gasteiger partial charge on any atom is -0.362 e. The second kappa shape index (κ2) is 8.39. The van der Waals surface area contributed by atoms with Crippen molar-refractivity contribution in [2.45, 2.75) is 31.3 Å². The van der Waals surface area contributed by atoms with E-state index < -0.39 is 0 Å². The Hall–Kier alpha value is -2.01. The lowest BCUT2D eigenvalue weighted by molar-refractivity contribution is -0.115. The van der Waals surface area contributed by atoms with E-state index >= 15 is 0 Å². The first-order chi connectivity index (χ1) is 13.9. The van der Waals surface area contributed by atoms with Gasteiger partial charge in [0.25, 0.3) is 0 Å². The van der Waals surface area contributed by atoms with Gasteiger partial charge < -0.3 is 10.2 Å². The molecule has 2 aromatic rings. The van der Waals surface area contributed by atoms with Crippen LogP contribution in [0.15, 0.2) is 49.0 Å². The normalized spacial score (nSPS) is 21.9. The molecule has 1 N–H and O–H groups in total. The fourth-order valence-electron chi connectivity index (χ4n) is 4.50. The van der Waals surface area contributed by atoms with Crippen LogP contribution in [0.4, 0.5) is 11.4 Å². The number of carbonyl (C=O) groups is 1. The standard InChI is InChI=1S/C23H25Cl2N3O/c1-15-20-13-17(25)5-9-22(20)28(12-11-19-8-10-21(15)27(19)2)14-23(29)26-18-6-3-16(24)4-7-18/h3-7,9,13,19,21H,1,8,10-12,14H2,2H3,(H,26,29). The van der Waals surface area contributed by atoms with Crippen LogP contribution in [-0.4, -0.2) is 43.0 Å². The number of hydrogen-bond donors (Lipinski definition) is 1. The van der Waals surface area contributed by atoms with Gasteiger partial charge in [-0.3, -0.25) is 9.69 Å². The maximum Gasteiger partial charge on any atom is 0.243 e. The molecule has 2 heterocycles. The molecule has 2 unspecified atom stereocenters. The summed E-state index contributed by atoms with van der Waals surface area (Å²) < 4.78 is 0. The highest BCUT2D eigenvalue weighted by Crippen LogP contribution is 2.39. The molecule has 0 radical (unpaired) electrons. The monoisotopic (exact) mass is 429 g/mol. The van der Waals surface area contributed by atoms with E-state index in [-0.39, 0.29) is 12.5 Å². The first kappa shape index (κ1) is 20.3. The van der Waals surface area contributed by atoms with Crippen molar-refractivity contribution >= 4 is 46.1 Å². The number of likely N-dealkylation sites (N-methyl/N-ethyl adjacent to an activating group) is 1. The molecule has 0 spiro atoms. The van der Waals surface area contributed by atoms with Gasteiger partial charge in [-0.1, -0.05) is 29.8 Å². The van der Waals surface area contributed by atoms with Gasteiger partial charge in [-0.25, -0.2) is 0 Å². The highest BCUT2D eigenvalue weighted by atomic mass is 35.5. The third-order valence-corrected chi connectivity index (χ3v) is 6.57. The van der Waals surface area contributed by atoms with E-state index in [4.69, 9.17) is 23.2 Å². The van der Waals surface area contributed by atoms with E-state index in [0.717, 1.165) is 48.3 Å². The Morgan fingerprint density at radius 2 is 1.83 bits per heavy atom. The number of hydrogen-bond acceptors (Lipinski definition) is 3. The van der Waals surface area contributed by atoms with Crippen LogP contribution in [0.25, 0.3) is 5.57 Å². The Balaban J connectivity index is 1.61. The lowest BCUT2D eigenvalue weighted by Crippen LogP contribution is -2.37. The van der Waals surface area contributed by atoms with E-state index in [1.165, 1.54) is 0 Å². The molecule has 4 rings (SSSR count). The topological polar surface area (TPSA) is 35.6 Å². The van der Waals surface area contributed by atoms with Gasteiger partial charge >= 0.3 is 0 Å². The van der Waals surface area contributed by atoms with Gasteiger partial charge in [0.1, 0.15) is 0 Å². The summed E-state index contributed by atoms with van der Waals surface area (Å²) in [4.78, 5) is 17.4. The molecule has 1 fully saturated rings. The average Bonchev–Trinajstić information content (AvgIpc) is 3.07. The van der Waals surface area contributed by atoms with Crippen molar-refractivity contribution in [3.63, 3.8) is 0 Å². The van der Waals surface area contributed by atoms with Gasteiger partial charge in [-0.2, -0.15) is 0 Å². The van der Waals surface area contributed by atoms with E-state index in [1.807, 2.05) is 30.3 Å². The van der Waals surface area contributed by atoms with Crippen LogP contribution in [0.1, 0.15) is 24.8 Å². The predicted octanol–water partition coefficient (Wildman–Crippen LogP) is 5.32. The van der Waals surface area contributed by atoms with E-state index in [1.54, 1.807) is 12.1 Å². The van der Waals surface area contributed by atoms with Crippen LogP contribution in [0, 0.1) is 0 Å². The molecule has 0 aromatic heterocycles. The number of rotatable bonds is 3. The molecule has 2 atom stereocenters. The number of anilines is 2. The zero-order chi connectivity index (χ0) is 20.5. The summed E-state index contributed by atoms with van der Waals surface area (Å²) in [7, 11) is 2.18. The molecule has 4 nitrogen and oxygen atoms in total. The van der Waals surface area contributed by atoms with Crippen LogP contribution in [0.2, 0.25) is 10.0 Å². The zero-order valence-electron chi connectivity index (χ0n) is 16.5. The van der Waals surface area contributed by atoms with Crippen LogP contribution >= 0.6 is 23.2 Å². The SMILES string of the molecule is C=C1c2cc(Cl)ccc2N(CC(=O)Nc2ccc(Cl)cc2)CCC2CCC1N2C. The van der Waals surface area contributed by atoms with Gasteiger partial charge in [0.15, 0.2) is 0 Å². The summed E-state index contributed by atoms with van der Waals surface area (Å²) >= 11 is 12.3. The summed E-state index contributed by atoms with van der Waals surface area (Å²) in [5.41, 5.74) is 3.88. The number of carbonyl (C=O) groups excluding carboxylic acids is 1. The Kier molecular flexibility index (Phi) is 5.86. The van der Waals surface area contributed by atoms with E-state index in [0.29, 0.717) is 22.1 Å². The second-order valence-corrected chi connectivity index (χ2v) is 8.74. The van der Waals surface area contributed by atoms with Crippen LogP contribution in [0.3, 0.4) is 0 Å². The third kappa shape index (κ3) is 4.30. The van der Waals surface area contributed by atoms with Crippen LogP contribution < -0.4 is 10.2 Å². The first-order valence-corrected chi connectivity index (χ1v) is 10.7. The highest BCUT2D eigenvalue weighted by molar-refractivity contribution is 6.31. The number of halogens is 2. The van der Waals surface area contributed by atoms with Gasteiger partial charge in [-0.15, -0.1) is 0 Å². The summed E-state index contributed by atoms with van der Waals surface area (Å²) in [6.07, 6.45) is 3.28. The Bertz CT molecular complexity index is 928. The van der Waals surface area contributed by atoms with E-state index in [9.17, 15) is 4.79 Å². The smallest absolute Gasteiger partial charge is 0.243 e. The van der Waals surface area contributed by atoms with Crippen molar-refractivity contribution in [2.75, 3.05) is 30.4 Å². The summed E-state index contributed by atoms with van der Waals surface area (Å²) in [6, 6.07) is 13.9. The van der Waals surface area contributed by atoms with Crippen molar-refractivity contribution in [3.05, 3.63) is 64.7 Å². The summed E-state index contributed by atoms with van der Waals surface area (Å²) in [5, 5.41) is 4.30. The van der Waals surface area contributed by atoms with Gasteiger partial charge in [0, 0.05) is 45.6 Å². The minimum absolute atomic E-state index is 0.0587. The predicted molar refractivity (Wildman–Crippen MR) is 122 cm³/mol. The minimum atomic E-state index is -0.0587. The van der Waals surface area contributed by atoms with Crippen LogP contribution in [0.5, 0.6) is 0 Å². The molecule has 29 heavy (non-hydrogen) atoms. The number of nitrogens with one attached hydrogen (secondary N) is 1.